The third-order valence-electron chi connectivity index (χ3n) is 3.97. The third kappa shape index (κ3) is 6.40. The highest BCUT2D eigenvalue weighted by molar-refractivity contribution is 7.86. The maximum atomic E-state index is 12.3. The van der Waals surface area contributed by atoms with Crippen LogP contribution in [0.2, 0.25) is 0 Å². The Bertz CT molecular complexity index is 700. The number of hydrogen-bond acceptors (Lipinski definition) is 5. The summed E-state index contributed by atoms with van der Waals surface area (Å²) in [5.74, 6) is 0.256. The Labute approximate surface area is 157 Å². The maximum Gasteiger partial charge on any atom is 0.317 e. The number of carbonyl (C=O) groups excluding carboxylic acids is 1. The molecule has 1 N–H and O–H groups in total. The second-order valence-corrected chi connectivity index (χ2v) is 7.88. The normalized spacial score (nSPS) is 11.3. The number of nitrogens with zero attached hydrogens (tertiary/aromatic N) is 2. The zero-order valence-electron chi connectivity index (χ0n) is 16.6. The molecule has 0 spiro atoms. The molecule has 0 radical (unpaired) electrons. The van der Waals surface area contributed by atoms with E-state index in [1.165, 1.54) is 0 Å². The van der Waals surface area contributed by atoms with E-state index in [-0.39, 0.29) is 24.4 Å². The molecule has 0 atom stereocenters. The Balaban J connectivity index is 3.28. The van der Waals surface area contributed by atoms with E-state index in [2.05, 4.69) is 10.2 Å². The van der Waals surface area contributed by atoms with Crippen LogP contribution in [0.4, 0.5) is 10.5 Å². The van der Waals surface area contributed by atoms with E-state index in [1.807, 2.05) is 46.8 Å². The van der Waals surface area contributed by atoms with Gasteiger partial charge in [-0.05, 0) is 40.7 Å². The molecule has 1 aromatic rings. The summed E-state index contributed by atoms with van der Waals surface area (Å²) in [6.45, 7) is 12.1. The quantitative estimate of drug-likeness (QED) is 0.661. The van der Waals surface area contributed by atoms with E-state index in [0.717, 1.165) is 25.0 Å². The van der Waals surface area contributed by atoms with Gasteiger partial charge in [-0.3, -0.25) is 0 Å². The lowest BCUT2D eigenvalue weighted by molar-refractivity contribution is 0.180. The van der Waals surface area contributed by atoms with Gasteiger partial charge < -0.3 is 19.3 Å². The molecule has 0 aliphatic carbocycles. The lowest BCUT2D eigenvalue weighted by Crippen LogP contribution is -2.43. The van der Waals surface area contributed by atoms with Gasteiger partial charge in [0.25, 0.3) is 0 Å². The van der Waals surface area contributed by atoms with Gasteiger partial charge in [-0.25, -0.2) is 4.79 Å². The van der Waals surface area contributed by atoms with Crippen LogP contribution in [-0.2, 0) is 16.7 Å². The number of amides is 2. The van der Waals surface area contributed by atoms with Crippen LogP contribution < -0.4 is 14.4 Å². The van der Waals surface area contributed by atoms with Crippen LogP contribution >= 0.6 is 0 Å². The van der Waals surface area contributed by atoms with Gasteiger partial charge in [0.15, 0.2) is 0 Å². The van der Waals surface area contributed by atoms with E-state index in [1.54, 1.807) is 11.0 Å². The predicted molar refractivity (Wildman–Crippen MR) is 105 cm³/mol. The molecule has 1 aromatic carbocycles. The molecule has 0 unspecified atom stereocenters. The summed E-state index contributed by atoms with van der Waals surface area (Å²) in [4.78, 5) is 16.0. The molecular formula is C18H31N3O4S. The van der Waals surface area contributed by atoms with Crippen LogP contribution in [0.5, 0.6) is 5.75 Å². The first-order valence-corrected chi connectivity index (χ1v) is 10.8. The van der Waals surface area contributed by atoms with Crippen molar-refractivity contribution < 1.29 is 17.4 Å². The SMILES string of the molecule is CCNC(=O)N(Cc1ccc(N(CC)CC)cc1OS(C)(=O)=O)C(C)C. The van der Waals surface area contributed by atoms with Gasteiger partial charge in [0.05, 0.1) is 12.8 Å². The van der Waals surface area contributed by atoms with E-state index < -0.39 is 10.1 Å². The van der Waals surface area contributed by atoms with Crippen molar-refractivity contribution in [1.82, 2.24) is 10.2 Å². The standard InChI is InChI=1S/C18H31N3O4S/c1-7-19-18(22)21(14(4)5)13-15-10-11-16(20(8-2)9-3)12-17(15)25-26(6,23)24/h10-12,14H,7-9,13H2,1-6H3,(H,19,22). The summed E-state index contributed by atoms with van der Waals surface area (Å²) in [5, 5.41) is 2.78. The van der Waals surface area contributed by atoms with Crippen LogP contribution in [0, 0.1) is 0 Å². The molecule has 0 bridgehead atoms. The Hall–Kier alpha value is -1.96. The van der Waals surface area contributed by atoms with Crippen molar-refractivity contribution in [1.29, 1.82) is 0 Å². The van der Waals surface area contributed by atoms with E-state index in [9.17, 15) is 13.2 Å². The predicted octanol–water partition coefficient (Wildman–Crippen LogP) is 2.81. The monoisotopic (exact) mass is 385 g/mol. The zero-order valence-corrected chi connectivity index (χ0v) is 17.4. The highest BCUT2D eigenvalue weighted by Crippen LogP contribution is 2.28. The molecule has 0 fully saturated rings. The third-order valence-corrected chi connectivity index (χ3v) is 4.46. The van der Waals surface area contributed by atoms with Crippen LogP contribution in [0.25, 0.3) is 0 Å². The fourth-order valence-electron chi connectivity index (χ4n) is 2.63. The number of carbonyl (C=O) groups is 1. The summed E-state index contributed by atoms with van der Waals surface area (Å²) in [6, 6.07) is 5.23. The highest BCUT2D eigenvalue weighted by atomic mass is 32.2. The number of benzene rings is 1. The molecule has 0 saturated carbocycles. The van der Waals surface area contributed by atoms with Crippen molar-refractivity contribution in [3.63, 3.8) is 0 Å². The van der Waals surface area contributed by atoms with Crippen molar-refractivity contribution >= 4 is 21.8 Å². The Morgan fingerprint density at radius 1 is 1.19 bits per heavy atom. The fourth-order valence-corrected chi connectivity index (χ4v) is 3.11. The summed E-state index contributed by atoms with van der Waals surface area (Å²) < 4.78 is 28.6. The minimum atomic E-state index is -3.68. The molecule has 0 saturated heterocycles. The molecular weight excluding hydrogens is 354 g/mol. The summed E-state index contributed by atoms with van der Waals surface area (Å²) in [6.07, 6.45) is 1.02. The summed E-state index contributed by atoms with van der Waals surface area (Å²) in [5.41, 5.74) is 1.53. The number of nitrogens with one attached hydrogen (secondary N) is 1. The van der Waals surface area contributed by atoms with Gasteiger partial charge in [0, 0.05) is 43.0 Å². The second-order valence-electron chi connectivity index (χ2n) is 6.31. The first-order chi connectivity index (χ1) is 12.1. The Morgan fingerprint density at radius 2 is 1.81 bits per heavy atom. The minimum Gasteiger partial charge on any atom is -0.382 e. The minimum absolute atomic E-state index is 0.0462. The largest absolute Gasteiger partial charge is 0.382 e. The first kappa shape index (κ1) is 22.1. The average Bonchev–Trinajstić information content (AvgIpc) is 2.53. The fraction of sp³-hybridized carbons (Fsp3) is 0.611. The molecule has 0 heterocycles. The van der Waals surface area contributed by atoms with Crippen molar-refractivity contribution in [2.75, 3.05) is 30.8 Å². The van der Waals surface area contributed by atoms with E-state index in [0.29, 0.717) is 12.1 Å². The summed E-state index contributed by atoms with van der Waals surface area (Å²) >= 11 is 0. The van der Waals surface area contributed by atoms with Crippen LogP contribution in [0.1, 0.15) is 40.2 Å². The van der Waals surface area contributed by atoms with Crippen molar-refractivity contribution in [3.8, 4) is 5.75 Å². The van der Waals surface area contributed by atoms with E-state index >= 15 is 0 Å². The van der Waals surface area contributed by atoms with Gasteiger partial charge in [-0.2, -0.15) is 8.42 Å². The van der Waals surface area contributed by atoms with Gasteiger partial charge in [0.2, 0.25) is 0 Å². The number of hydrogen-bond donors (Lipinski definition) is 1. The Morgan fingerprint density at radius 3 is 2.27 bits per heavy atom. The molecule has 0 aliphatic heterocycles. The lowest BCUT2D eigenvalue weighted by Gasteiger charge is -2.28. The Kier molecular flexibility index (Phi) is 8.20. The zero-order chi connectivity index (χ0) is 19.9. The molecule has 0 aliphatic rings. The molecule has 7 nitrogen and oxygen atoms in total. The first-order valence-electron chi connectivity index (χ1n) is 8.94. The molecule has 1 rings (SSSR count). The van der Waals surface area contributed by atoms with Crippen LogP contribution in [0.15, 0.2) is 18.2 Å². The van der Waals surface area contributed by atoms with E-state index in [4.69, 9.17) is 4.18 Å². The molecule has 8 heteroatoms. The number of rotatable bonds is 9. The number of urea groups is 1. The maximum absolute atomic E-state index is 12.3. The number of anilines is 1. The van der Waals surface area contributed by atoms with Crippen molar-refractivity contribution in [2.24, 2.45) is 0 Å². The average molecular weight is 386 g/mol. The van der Waals surface area contributed by atoms with Crippen LogP contribution in [0.3, 0.4) is 0 Å². The molecule has 26 heavy (non-hydrogen) atoms. The smallest absolute Gasteiger partial charge is 0.317 e. The van der Waals surface area contributed by atoms with Gasteiger partial charge in [-0.15, -0.1) is 0 Å². The van der Waals surface area contributed by atoms with Gasteiger partial charge >= 0.3 is 16.1 Å². The highest BCUT2D eigenvalue weighted by Gasteiger charge is 2.20. The van der Waals surface area contributed by atoms with Gasteiger partial charge in [-0.1, -0.05) is 6.07 Å². The molecule has 0 aromatic heterocycles. The summed E-state index contributed by atoms with van der Waals surface area (Å²) in [7, 11) is -3.68. The van der Waals surface area contributed by atoms with Crippen molar-refractivity contribution in [2.45, 2.75) is 47.2 Å². The van der Waals surface area contributed by atoms with Gasteiger partial charge in [0.1, 0.15) is 5.75 Å². The molecule has 148 valence electrons. The van der Waals surface area contributed by atoms with Crippen LogP contribution in [-0.4, -0.2) is 51.3 Å². The topological polar surface area (TPSA) is 79.0 Å². The van der Waals surface area contributed by atoms with Crippen molar-refractivity contribution in [3.05, 3.63) is 23.8 Å². The lowest BCUT2D eigenvalue weighted by atomic mass is 10.1. The second kappa shape index (κ2) is 9.66. The molecule has 2 amide bonds.